The third-order valence-corrected chi connectivity index (χ3v) is 7.49. The van der Waals surface area contributed by atoms with E-state index in [0.29, 0.717) is 21.4 Å². The highest BCUT2D eigenvalue weighted by Gasteiger charge is 2.28. The van der Waals surface area contributed by atoms with Crippen LogP contribution in [0.15, 0.2) is 77.7 Å². The second-order valence-electron chi connectivity index (χ2n) is 7.35. The van der Waals surface area contributed by atoms with Crippen LogP contribution in [0.4, 0.5) is 0 Å². The lowest BCUT2D eigenvalue weighted by Crippen LogP contribution is -2.41. The molecular formula is C24H24Cl2N2O4S. The van der Waals surface area contributed by atoms with Crippen molar-refractivity contribution in [1.82, 2.24) is 9.62 Å². The van der Waals surface area contributed by atoms with Crippen molar-refractivity contribution in [3.05, 3.63) is 94.0 Å². The number of rotatable bonds is 9. The molecule has 3 rings (SSSR count). The number of carbonyl (C=O) groups is 1. The monoisotopic (exact) mass is 506 g/mol. The zero-order valence-corrected chi connectivity index (χ0v) is 20.5. The predicted octanol–water partition coefficient (Wildman–Crippen LogP) is 5.07. The number of para-hydroxylation sites is 1. The minimum absolute atomic E-state index is 0.0320. The lowest BCUT2D eigenvalue weighted by Gasteiger charge is -2.24. The van der Waals surface area contributed by atoms with Crippen LogP contribution in [0.5, 0.6) is 5.75 Å². The number of nitrogens with zero attached hydrogens (tertiary/aromatic N) is 1. The van der Waals surface area contributed by atoms with Gasteiger partial charge in [0.2, 0.25) is 15.9 Å². The molecule has 0 aromatic heterocycles. The lowest BCUT2D eigenvalue weighted by molar-refractivity contribution is -0.122. The largest absolute Gasteiger partial charge is 0.496 e. The maximum Gasteiger partial charge on any atom is 0.243 e. The van der Waals surface area contributed by atoms with Crippen molar-refractivity contribution in [3.8, 4) is 5.75 Å². The standard InChI is InChI=1S/C24H24Cl2N2O4S/c1-17(21-8-4-6-10-23(21)32-2)27-24(29)16-28(15-18-7-3-5-9-22(18)26)33(30,31)20-13-11-19(25)12-14-20/h3-14,17H,15-16H2,1-2H3,(H,27,29). The molecule has 3 aromatic rings. The third kappa shape index (κ3) is 6.26. The van der Waals surface area contributed by atoms with E-state index in [1.165, 1.54) is 24.3 Å². The average molecular weight is 507 g/mol. The summed E-state index contributed by atoms with van der Waals surface area (Å²) in [4.78, 5) is 13.0. The number of methoxy groups -OCH3 is 1. The van der Waals surface area contributed by atoms with E-state index in [9.17, 15) is 13.2 Å². The summed E-state index contributed by atoms with van der Waals surface area (Å²) in [5.41, 5.74) is 1.37. The summed E-state index contributed by atoms with van der Waals surface area (Å²) in [5, 5.41) is 3.68. The summed E-state index contributed by atoms with van der Waals surface area (Å²) in [6.45, 7) is 1.35. The molecule has 0 fully saturated rings. The molecule has 1 amide bonds. The van der Waals surface area contributed by atoms with Gasteiger partial charge >= 0.3 is 0 Å². The highest BCUT2D eigenvalue weighted by atomic mass is 35.5. The Labute approximate surface area is 204 Å². The summed E-state index contributed by atoms with van der Waals surface area (Å²) in [6, 6.07) is 19.6. The highest BCUT2D eigenvalue weighted by molar-refractivity contribution is 7.89. The molecule has 1 atom stereocenters. The van der Waals surface area contributed by atoms with Gasteiger partial charge in [0.25, 0.3) is 0 Å². The number of carbonyl (C=O) groups excluding carboxylic acids is 1. The highest BCUT2D eigenvalue weighted by Crippen LogP contribution is 2.26. The first-order valence-electron chi connectivity index (χ1n) is 10.1. The van der Waals surface area contributed by atoms with Crippen molar-refractivity contribution in [1.29, 1.82) is 0 Å². The molecule has 9 heteroatoms. The molecule has 1 unspecified atom stereocenters. The molecule has 0 spiro atoms. The SMILES string of the molecule is COc1ccccc1C(C)NC(=O)CN(Cc1ccccc1Cl)S(=O)(=O)c1ccc(Cl)cc1. The molecule has 0 saturated heterocycles. The minimum atomic E-state index is -4.01. The van der Waals surface area contributed by atoms with Crippen LogP contribution < -0.4 is 10.1 Å². The molecule has 0 aliphatic heterocycles. The van der Waals surface area contributed by atoms with Crippen molar-refractivity contribution in [3.63, 3.8) is 0 Å². The third-order valence-electron chi connectivity index (χ3n) is 5.06. The Morgan fingerprint density at radius 1 is 1.00 bits per heavy atom. The van der Waals surface area contributed by atoms with Crippen molar-refractivity contribution in [2.45, 2.75) is 24.4 Å². The van der Waals surface area contributed by atoms with Gasteiger partial charge in [-0.15, -0.1) is 0 Å². The van der Waals surface area contributed by atoms with Crippen molar-refractivity contribution in [2.75, 3.05) is 13.7 Å². The molecule has 0 radical (unpaired) electrons. The molecule has 6 nitrogen and oxygen atoms in total. The molecule has 0 saturated carbocycles. The maximum atomic E-state index is 13.4. The van der Waals surface area contributed by atoms with Crippen LogP contribution in [-0.4, -0.2) is 32.3 Å². The van der Waals surface area contributed by atoms with E-state index in [1.54, 1.807) is 37.4 Å². The molecule has 3 aromatic carbocycles. The Hall–Kier alpha value is -2.58. The van der Waals surface area contributed by atoms with Gasteiger partial charge in [0, 0.05) is 22.2 Å². The fourth-order valence-corrected chi connectivity index (χ4v) is 5.04. The quantitative estimate of drug-likeness (QED) is 0.439. The predicted molar refractivity (Wildman–Crippen MR) is 130 cm³/mol. The van der Waals surface area contributed by atoms with Crippen LogP contribution in [0, 0.1) is 0 Å². The van der Waals surface area contributed by atoms with Gasteiger partial charge in [-0.1, -0.05) is 59.6 Å². The van der Waals surface area contributed by atoms with E-state index in [4.69, 9.17) is 27.9 Å². The van der Waals surface area contributed by atoms with Gasteiger partial charge in [-0.05, 0) is 48.9 Å². The fraction of sp³-hybridized carbons (Fsp3) is 0.208. The average Bonchev–Trinajstić information content (AvgIpc) is 2.80. The molecule has 33 heavy (non-hydrogen) atoms. The van der Waals surface area contributed by atoms with Crippen LogP contribution >= 0.6 is 23.2 Å². The van der Waals surface area contributed by atoms with Gasteiger partial charge in [-0.25, -0.2) is 8.42 Å². The first-order chi connectivity index (χ1) is 15.7. The Morgan fingerprint density at radius 2 is 1.64 bits per heavy atom. The second kappa shape index (κ2) is 11.0. The molecule has 0 bridgehead atoms. The second-order valence-corrected chi connectivity index (χ2v) is 10.1. The first kappa shape index (κ1) is 25.1. The van der Waals surface area contributed by atoms with Gasteiger partial charge < -0.3 is 10.1 Å². The van der Waals surface area contributed by atoms with Gasteiger partial charge in [0.15, 0.2) is 0 Å². The Bertz CT molecular complexity index is 1220. The number of hydrogen-bond acceptors (Lipinski definition) is 4. The van der Waals surface area contributed by atoms with E-state index < -0.39 is 28.5 Å². The van der Waals surface area contributed by atoms with Gasteiger partial charge in [0.1, 0.15) is 5.75 Å². The van der Waals surface area contributed by atoms with Gasteiger partial charge in [-0.3, -0.25) is 4.79 Å². The lowest BCUT2D eigenvalue weighted by atomic mass is 10.1. The minimum Gasteiger partial charge on any atom is -0.496 e. The Morgan fingerprint density at radius 3 is 2.30 bits per heavy atom. The first-order valence-corrected chi connectivity index (χ1v) is 12.3. The zero-order chi connectivity index (χ0) is 24.0. The van der Waals surface area contributed by atoms with Crippen LogP contribution in [0.2, 0.25) is 10.0 Å². The van der Waals surface area contributed by atoms with E-state index in [1.807, 2.05) is 25.1 Å². The van der Waals surface area contributed by atoms with Crippen LogP contribution in [-0.2, 0) is 21.4 Å². The normalized spacial score (nSPS) is 12.4. The smallest absolute Gasteiger partial charge is 0.243 e. The number of nitrogens with one attached hydrogen (secondary N) is 1. The Balaban J connectivity index is 1.86. The molecule has 0 aliphatic rings. The summed E-state index contributed by atoms with van der Waals surface area (Å²) in [6.07, 6.45) is 0. The summed E-state index contributed by atoms with van der Waals surface area (Å²) >= 11 is 12.2. The van der Waals surface area contributed by atoms with Crippen LogP contribution in [0.3, 0.4) is 0 Å². The van der Waals surface area contributed by atoms with Crippen LogP contribution in [0.25, 0.3) is 0 Å². The number of amides is 1. The van der Waals surface area contributed by atoms with Crippen molar-refractivity contribution < 1.29 is 17.9 Å². The molecule has 1 N–H and O–H groups in total. The molecular weight excluding hydrogens is 483 g/mol. The number of halogens is 2. The summed E-state index contributed by atoms with van der Waals surface area (Å²) < 4.78 is 33.2. The number of benzene rings is 3. The Kier molecular flexibility index (Phi) is 8.37. The van der Waals surface area contributed by atoms with E-state index >= 15 is 0 Å². The number of sulfonamides is 1. The fourth-order valence-electron chi connectivity index (χ4n) is 3.35. The van der Waals surface area contributed by atoms with E-state index in [2.05, 4.69) is 5.32 Å². The van der Waals surface area contributed by atoms with Crippen molar-refractivity contribution in [2.24, 2.45) is 0 Å². The van der Waals surface area contributed by atoms with E-state index in [0.717, 1.165) is 9.87 Å². The van der Waals surface area contributed by atoms with Crippen LogP contribution in [0.1, 0.15) is 24.1 Å². The topological polar surface area (TPSA) is 75.7 Å². The maximum absolute atomic E-state index is 13.4. The summed E-state index contributed by atoms with van der Waals surface area (Å²) in [7, 11) is -2.46. The number of hydrogen-bond donors (Lipinski definition) is 1. The molecule has 0 heterocycles. The van der Waals surface area contributed by atoms with Crippen molar-refractivity contribution >= 4 is 39.1 Å². The van der Waals surface area contributed by atoms with Gasteiger partial charge in [-0.2, -0.15) is 4.31 Å². The zero-order valence-electron chi connectivity index (χ0n) is 18.2. The van der Waals surface area contributed by atoms with Gasteiger partial charge in [0.05, 0.1) is 24.6 Å². The van der Waals surface area contributed by atoms with E-state index in [-0.39, 0.29) is 11.4 Å². The summed E-state index contributed by atoms with van der Waals surface area (Å²) in [5.74, 6) is 0.171. The number of ether oxygens (including phenoxy) is 1. The molecule has 0 aliphatic carbocycles. The molecule has 174 valence electrons.